The second-order valence-corrected chi connectivity index (χ2v) is 5.11. The Kier molecular flexibility index (Phi) is 5.29. The van der Waals surface area contributed by atoms with Gasteiger partial charge in [0, 0.05) is 23.1 Å². The van der Waals surface area contributed by atoms with Gasteiger partial charge in [0.15, 0.2) is 0 Å². The van der Waals surface area contributed by atoms with Gasteiger partial charge < -0.3 is 10.8 Å². The molecule has 0 amide bonds. The lowest BCUT2D eigenvalue weighted by molar-refractivity contribution is 0.250. The topological polar surface area (TPSA) is 46.2 Å². The molecule has 1 rings (SSSR count). The number of nitrogens with two attached hydrogens (primary N) is 1. The lowest BCUT2D eigenvalue weighted by Crippen LogP contribution is -2.03. The Balaban J connectivity index is 2.44. The molecule has 0 saturated heterocycles. The van der Waals surface area contributed by atoms with Gasteiger partial charge in [-0.25, -0.2) is 0 Å². The Morgan fingerprint density at radius 3 is 2.87 bits per heavy atom. The van der Waals surface area contributed by atoms with Gasteiger partial charge in [0.2, 0.25) is 0 Å². The van der Waals surface area contributed by atoms with Crippen LogP contribution in [-0.2, 0) is 5.75 Å². The highest BCUT2D eigenvalue weighted by Gasteiger charge is 2.03. The van der Waals surface area contributed by atoms with Crippen molar-refractivity contribution in [2.24, 2.45) is 5.92 Å². The Hall–Kier alpha value is -0.380. The third kappa shape index (κ3) is 4.33. The summed E-state index contributed by atoms with van der Waals surface area (Å²) in [6, 6.07) is 5.57. The lowest BCUT2D eigenvalue weighted by Gasteiger charge is -2.08. The van der Waals surface area contributed by atoms with Gasteiger partial charge in [0.25, 0.3) is 0 Å². The zero-order valence-electron chi connectivity index (χ0n) is 8.74. The molecule has 84 valence electrons. The fourth-order valence-corrected chi connectivity index (χ4v) is 2.41. The average molecular weight is 246 g/mol. The van der Waals surface area contributed by atoms with Crippen LogP contribution in [0.4, 0.5) is 5.69 Å². The maximum Gasteiger partial charge on any atom is 0.0464 e. The van der Waals surface area contributed by atoms with Crippen LogP contribution in [0.1, 0.15) is 12.5 Å². The number of nitrogen functional groups attached to an aromatic ring is 1. The van der Waals surface area contributed by atoms with E-state index in [1.165, 1.54) is 0 Å². The third-order valence-electron chi connectivity index (χ3n) is 2.08. The van der Waals surface area contributed by atoms with Crippen molar-refractivity contribution in [2.45, 2.75) is 12.7 Å². The van der Waals surface area contributed by atoms with Crippen molar-refractivity contribution in [3.05, 3.63) is 28.8 Å². The molecule has 1 aromatic rings. The van der Waals surface area contributed by atoms with E-state index in [1.807, 2.05) is 19.1 Å². The Morgan fingerprint density at radius 2 is 2.27 bits per heavy atom. The maximum absolute atomic E-state index is 8.87. The number of hydrogen-bond acceptors (Lipinski definition) is 3. The summed E-state index contributed by atoms with van der Waals surface area (Å²) < 4.78 is 0. The van der Waals surface area contributed by atoms with Crippen molar-refractivity contribution in [1.29, 1.82) is 0 Å². The fraction of sp³-hybridized carbons (Fsp3) is 0.455. The molecule has 0 aliphatic rings. The van der Waals surface area contributed by atoms with Crippen LogP contribution in [0.3, 0.4) is 0 Å². The molecule has 0 spiro atoms. The first-order valence-corrected chi connectivity index (χ1v) is 6.39. The number of aliphatic hydroxyl groups is 1. The first-order chi connectivity index (χ1) is 7.13. The molecule has 0 saturated carbocycles. The molecule has 0 aliphatic carbocycles. The molecule has 0 aliphatic heterocycles. The second kappa shape index (κ2) is 6.26. The van der Waals surface area contributed by atoms with E-state index in [2.05, 4.69) is 0 Å². The molecule has 1 aromatic carbocycles. The SMILES string of the molecule is CC(CO)CSCc1ccc(Cl)cc1N. The number of benzene rings is 1. The minimum Gasteiger partial charge on any atom is -0.398 e. The van der Waals surface area contributed by atoms with Crippen LogP contribution in [0.25, 0.3) is 0 Å². The van der Waals surface area contributed by atoms with E-state index in [1.54, 1.807) is 17.8 Å². The number of aliphatic hydroxyl groups excluding tert-OH is 1. The molecule has 0 radical (unpaired) electrons. The van der Waals surface area contributed by atoms with Gasteiger partial charge in [0.1, 0.15) is 0 Å². The van der Waals surface area contributed by atoms with Crippen molar-refractivity contribution < 1.29 is 5.11 Å². The summed E-state index contributed by atoms with van der Waals surface area (Å²) >= 11 is 7.58. The van der Waals surface area contributed by atoms with Gasteiger partial charge in [0.05, 0.1) is 0 Å². The Labute approximate surface area is 99.8 Å². The molecule has 15 heavy (non-hydrogen) atoms. The van der Waals surface area contributed by atoms with Crippen molar-refractivity contribution in [3.63, 3.8) is 0 Å². The molecule has 1 atom stereocenters. The number of anilines is 1. The van der Waals surface area contributed by atoms with Crippen LogP contribution in [-0.4, -0.2) is 17.5 Å². The molecule has 0 aromatic heterocycles. The van der Waals surface area contributed by atoms with E-state index in [9.17, 15) is 0 Å². The molecule has 2 nitrogen and oxygen atoms in total. The zero-order valence-corrected chi connectivity index (χ0v) is 10.3. The minimum atomic E-state index is 0.239. The minimum absolute atomic E-state index is 0.239. The molecule has 0 heterocycles. The van der Waals surface area contributed by atoms with Gasteiger partial charge >= 0.3 is 0 Å². The molecular weight excluding hydrogens is 230 g/mol. The zero-order chi connectivity index (χ0) is 11.3. The van der Waals surface area contributed by atoms with Gasteiger partial charge in [-0.1, -0.05) is 24.6 Å². The van der Waals surface area contributed by atoms with Crippen LogP contribution in [0.2, 0.25) is 5.02 Å². The summed E-state index contributed by atoms with van der Waals surface area (Å²) in [6.07, 6.45) is 0. The quantitative estimate of drug-likeness (QED) is 0.785. The van der Waals surface area contributed by atoms with E-state index < -0.39 is 0 Å². The lowest BCUT2D eigenvalue weighted by atomic mass is 10.2. The monoisotopic (exact) mass is 245 g/mol. The van der Waals surface area contributed by atoms with E-state index in [0.29, 0.717) is 10.9 Å². The van der Waals surface area contributed by atoms with E-state index >= 15 is 0 Å². The van der Waals surface area contributed by atoms with Crippen molar-refractivity contribution in [3.8, 4) is 0 Å². The number of hydrogen-bond donors (Lipinski definition) is 2. The Morgan fingerprint density at radius 1 is 1.53 bits per heavy atom. The third-order valence-corrected chi connectivity index (χ3v) is 3.63. The largest absolute Gasteiger partial charge is 0.398 e. The first-order valence-electron chi connectivity index (χ1n) is 4.86. The summed E-state index contributed by atoms with van der Waals surface area (Å²) in [7, 11) is 0. The summed E-state index contributed by atoms with van der Waals surface area (Å²) in [5.41, 5.74) is 7.67. The van der Waals surface area contributed by atoms with Gasteiger partial charge in [-0.3, -0.25) is 0 Å². The summed E-state index contributed by atoms with van der Waals surface area (Å²) in [5, 5.41) is 9.54. The fourth-order valence-electron chi connectivity index (χ4n) is 1.12. The van der Waals surface area contributed by atoms with Gasteiger partial charge in [-0.2, -0.15) is 11.8 Å². The van der Waals surface area contributed by atoms with Crippen molar-refractivity contribution in [2.75, 3.05) is 18.1 Å². The van der Waals surface area contributed by atoms with Crippen LogP contribution >= 0.6 is 23.4 Å². The predicted molar refractivity (Wildman–Crippen MR) is 68.3 cm³/mol. The van der Waals surface area contributed by atoms with E-state index in [0.717, 1.165) is 22.8 Å². The maximum atomic E-state index is 8.87. The molecule has 3 N–H and O–H groups in total. The summed E-state index contributed by atoms with van der Waals surface area (Å²) in [5.74, 6) is 2.15. The molecule has 0 bridgehead atoms. The normalized spacial score (nSPS) is 12.7. The predicted octanol–water partition coefficient (Wildman–Crippen LogP) is 2.78. The van der Waals surface area contributed by atoms with Crippen LogP contribution in [0.15, 0.2) is 18.2 Å². The van der Waals surface area contributed by atoms with Crippen LogP contribution in [0, 0.1) is 5.92 Å². The van der Waals surface area contributed by atoms with Crippen molar-refractivity contribution in [1.82, 2.24) is 0 Å². The average Bonchev–Trinajstić information content (AvgIpc) is 2.21. The highest BCUT2D eigenvalue weighted by atomic mass is 35.5. The summed E-state index contributed by atoms with van der Waals surface area (Å²) in [4.78, 5) is 0. The van der Waals surface area contributed by atoms with Crippen molar-refractivity contribution >= 4 is 29.1 Å². The Bertz CT molecular complexity index is 319. The van der Waals surface area contributed by atoms with Gasteiger partial charge in [-0.15, -0.1) is 0 Å². The molecule has 1 unspecified atom stereocenters. The molecule has 0 fully saturated rings. The van der Waals surface area contributed by atoms with E-state index in [-0.39, 0.29) is 6.61 Å². The smallest absolute Gasteiger partial charge is 0.0464 e. The van der Waals surface area contributed by atoms with Crippen LogP contribution < -0.4 is 5.73 Å². The van der Waals surface area contributed by atoms with Gasteiger partial charge in [-0.05, 0) is 29.4 Å². The molecular formula is C11H16ClNOS. The molecule has 4 heteroatoms. The summed E-state index contributed by atoms with van der Waals surface area (Å²) in [6.45, 7) is 2.27. The highest BCUT2D eigenvalue weighted by molar-refractivity contribution is 7.98. The number of halogens is 1. The number of rotatable bonds is 5. The van der Waals surface area contributed by atoms with Crippen LogP contribution in [0.5, 0.6) is 0 Å². The van der Waals surface area contributed by atoms with E-state index in [4.69, 9.17) is 22.4 Å². The first kappa shape index (κ1) is 12.7. The standard InChI is InChI=1S/C11H16ClNOS/c1-8(5-14)6-15-7-9-2-3-10(12)4-11(9)13/h2-4,8,14H,5-7,13H2,1H3. The number of thioether (sulfide) groups is 1. The highest BCUT2D eigenvalue weighted by Crippen LogP contribution is 2.23. The second-order valence-electron chi connectivity index (χ2n) is 3.65.